The van der Waals surface area contributed by atoms with E-state index in [4.69, 9.17) is 27.9 Å². The van der Waals surface area contributed by atoms with E-state index in [2.05, 4.69) is 15.8 Å². The predicted molar refractivity (Wildman–Crippen MR) is 103 cm³/mol. The second kappa shape index (κ2) is 9.22. The number of rotatable bonds is 6. The molecule has 0 atom stereocenters. The summed E-state index contributed by atoms with van der Waals surface area (Å²) in [5.74, 6) is -0.307. The van der Waals surface area contributed by atoms with Crippen molar-refractivity contribution in [3.63, 3.8) is 0 Å². The molecule has 26 heavy (non-hydrogen) atoms. The molecular formula is C18H17Cl2N3O3. The highest BCUT2D eigenvalue weighted by molar-refractivity contribution is 6.36. The zero-order valence-corrected chi connectivity index (χ0v) is 15.7. The molecule has 0 bridgehead atoms. The fraction of sp³-hybridized carbons (Fsp3) is 0.167. The molecule has 0 heterocycles. The third kappa shape index (κ3) is 5.47. The van der Waals surface area contributed by atoms with Gasteiger partial charge >= 0.3 is 0 Å². The maximum absolute atomic E-state index is 12.2. The first kappa shape index (κ1) is 19.8. The number of anilines is 1. The summed E-state index contributed by atoms with van der Waals surface area (Å²) in [6, 6.07) is 11.5. The van der Waals surface area contributed by atoms with E-state index in [1.54, 1.807) is 43.3 Å². The Hall–Kier alpha value is -2.57. The minimum absolute atomic E-state index is 0.00877. The van der Waals surface area contributed by atoms with Gasteiger partial charge in [-0.1, -0.05) is 35.3 Å². The average Bonchev–Trinajstić information content (AvgIpc) is 2.62. The summed E-state index contributed by atoms with van der Waals surface area (Å²) in [4.78, 5) is 24.2. The summed E-state index contributed by atoms with van der Waals surface area (Å²) in [7, 11) is 1.48. The Morgan fingerprint density at radius 2 is 1.88 bits per heavy atom. The van der Waals surface area contributed by atoms with Crippen molar-refractivity contribution in [1.82, 2.24) is 5.43 Å². The number of nitrogens with one attached hydrogen (secondary N) is 2. The highest BCUT2D eigenvalue weighted by Crippen LogP contribution is 2.25. The number of nitrogens with zero attached hydrogens (tertiary/aromatic N) is 1. The van der Waals surface area contributed by atoms with Gasteiger partial charge in [-0.25, -0.2) is 5.43 Å². The fourth-order valence-electron chi connectivity index (χ4n) is 2.10. The lowest BCUT2D eigenvalue weighted by Crippen LogP contribution is -2.22. The van der Waals surface area contributed by atoms with Gasteiger partial charge in [-0.3, -0.25) is 9.59 Å². The summed E-state index contributed by atoms with van der Waals surface area (Å²) in [5, 5.41) is 7.42. The molecule has 2 rings (SSSR count). The van der Waals surface area contributed by atoms with Gasteiger partial charge in [0.05, 0.1) is 29.8 Å². The van der Waals surface area contributed by atoms with Crippen molar-refractivity contribution < 1.29 is 14.3 Å². The maximum Gasteiger partial charge on any atom is 0.275 e. The Morgan fingerprint density at radius 3 is 2.58 bits per heavy atom. The Morgan fingerprint density at radius 1 is 1.15 bits per heavy atom. The Kier molecular flexibility index (Phi) is 7.00. The molecule has 0 spiro atoms. The van der Waals surface area contributed by atoms with Crippen LogP contribution >= 0.6 is 23.2 Å². The molecule has 0 aliphatic rings. The number of benzene rings is 2. The standard InChI is InChI=1S/C18H17Cl2N3O3/c1-11(9-17(24)21-15-8-7-12(19)10-14(15)20)22-23-18(25)13-5-3-4-6-16(13)26-2/h3-8,10H,9H2,1-2H3,(H,21,24)(H,23,25)/b22-11+. The first-order valence-electron chi connectivity index (χ1n) is 7.62. The molecule has 0 radical (unpaired) electrons. The molecule has 6 nitrogen and oxygen atoms in total. The number of methoxy groups -OCH3 is 1. The number of para-hydroxylation sites is 1. The molecule has 0 aliphatic carbocycles. The molecule has 0 saturated heterocycles. The average molecular weight is 394 g/mol. The van der Waals surface area contributed by atoms with E-state index in [1.165, 1.54) is 13.2 Å². The quantitative estimate of drug-likeness (QED) is 0.571. The Labute approximate surface area is 161 Å². The zero-order chi connectivity index (χ0) is 19.1. The van der Waals surface area contributed by atoms with Gasteiger partial charge in [-0.2, -0.15) is 5.10 Å². The number of amides is 2. The number of hydrazone groups is 1. The number of halogens is 2. The summed E-state index contributed by atoms with van der Waals surface area (Å²) in [6.07, 6.45) is -0.00877. The van der Waals surface area contributed by atoms with E-state index < -0.39 is 5.91 Å². The molecule has 0 saturated carbocycles. The normalized spacial score (nSPS) is 11.0. The van der Waals surface area contributed by atoms with E-state index in [-0.39, 0.29) is 12.3 Å². The third-order valence-electron chi connectivity index (χ3n) is 3.32. The molecule has 2 N–H and O–H groups in total. The maximum atomic E-state index is 12.2. The lowest BCUT2D eigenvalue weighted by Gasteiger charge is -2.08. The van der Waals surface area contributed by atoms with Gasteiger partial charge < -0.3 is 10.1 Å². The van der Waals surface area contributed by atoms with Crippen LogP contribution in [-0.2, 0) is 4.79 Å². The smallest absolute Gasteiger partial charge is 0.275 e. The fourth-order valence-corrected chi connectivity index (χ4v) is 2.55. The number of ether oxygens (including phenoxy) is 1. The van der Waals surface area contributed by atoms with Crippen molar-refractivity contribution in [1.29, 1.82) is 0 Å². The van der Waals surface area contributed by atoms with Crippen LogP contribution in [0.3, 0.4) is 0 Å². The molecule has 0 aliphatic heterocycles. The molecular weight excluding hydrogens is 377 g/mol. The van der Waals surface area contributed by atoms with Crippen molar-refractivity contribution in [3.05, 3.63) is 58.1 Å². The van der Waals surface area contributed by atoms with Crippen LogP contribution in [0.25, 0.3) is 0 Å². The van der Waals surface area contributed by atoms with E-state index >= 15 is 0 Å². The zero-order valence-electron chi connectivity index (χ0n) is 14.2. The van der Waals surface area contributed by atoms with E-state index in [0.29, 0.717) is 32.8 Å². The third-order valence-corrected chi connectivity index (χ3v) is 3.87. The van der Waals surface area contributed by atoms with Crippen LogP contribution in [0.5, 0.6) is 5.75 Å². The van der Waals surface area contributed by atoms with Crippen LogP contribution in [0.2, 0.25) is 10.0 Å². The van der Waals surface area contributed by atoms with Crippen molar-refractivity contribution in [3.8, 4) is 5.75 Å². The van der Waals surface area contributed by atoms with E-state index in [9.17, 15) is 9.59 Å². The lowest BCUT2D eigenvalue weighted by atomic mass is 10.2. The second-order valence-corrected chi connectivity index (χ2v) is 6.18. The predicted octanol–water partition coefficient (Wildman–Crippen LogP) is 4.14. The number of hydrogen-bond donors (Lipinski definition) is 2. The molecule has 0 fully saturated rings. The number of carbonyl (C=O) groups is 2. The summed E-state index contributed by atoms with van der Waals surface area (Å²) >= 11 is 11.8. The van der Waals surface area contributed by atoms with E-state index in [1.807, 2.05) is 0 Å². The molecule has 2 aromatic rings. The topological polar surface area (TPSA) is 79.8 Å². The lowest BCUT2D eigenvalue weighted by molar-refractivity contribution is -0.115. The first-order chi connectivity index (χ1) is 12.4. The highest BCUT2D eigenvalue weighted by Gasteiger charge is 2.12. The van der Waals surface area contributed by atoms with Crippen LogP contribution < -0.4 is 15.5 Å². The van der Waals surface area contributed by atoms with Gasteiger partial charge in [0.15, 0.2) is 0 Å². The van der Waals surface area contributed by atoms with Crippen LogP contribution in [0.15, 0.2) is 47.6 Å². The van der Waals surface area contributed by atoms with Crippen molar-refractivity contribution >= 4 is 46.4 Å². The first-order valence-corrected chi connectivity index (χ1v) is 8.37. The van der Waals surface area contributed by atoms with Crippen molar-refractivity contribution in [2.45, 2.75) is 13.3 Å². The van der Waals surface area contributed by atoms with Crippen molar-refractivity contribution in [2.24, 2.45) is 5.10 Å². The molecule has 0 aromatic heterocycles. The van der Waals surface area contributed by atoms with Gasteiger partial charge in [0.2, 0.25) is 5.91 Å². The number of hydrogen-bond acceptors (Lipinski definition) is 4. The minimum atomic E-state index is -0.428. The number of carbonyl (C=O) groups excluding carboxylic acids is 2. The van der Waals surface area contributed by atoms with Crippen LogP contribution in [0.1, 0.15) is 23.7 Å². The van der Waals surface area contributed by atoms with E-state index in [0.717, 1.165) is 0 Å². The van der Waals surface area contributed by atoms with Crippen LogP contribution in [0, 0.1) is 0 Å². The van der Waals surface area contributed by atoms with Crippen LogP contribution in [-0.4, -0.2) is 24.6 Å². The molecule has 136 valence electrons. The van der Waals surface area contributed by atoms with Crippen LogP contribution in [0.4, 0.5) is 5.69 Å². The van der Waals surface area contributed by atoms with Gasteiger partial charge in [0.1, 0.15) is 5.75 Å². The van der Waals surface area contributed by atoms with Gasteiger partial charge in [-0.15, -0.1) is 0 Å². The molecule has 2 aromatic carbocycles. The minimum Gasteiger partial charge on any atom is -0.496 e. The monoisotopic (exact) mass is 393 g/mol. The van der Waals surface area contributed by atoms with Gasteiger partial charge in [0.25, 0.3) is 5.91 Å². The largest absolute Gasteiger partial charge is 0.496 e. The van der Waals surface area contributed by atoms with Crippen molar-refractivity contribution in [2.75, 3.05) is 12.4 Å². The Balaban J connectivity index is 1.95. The summed E-state index contributed by atoms with van der Waals surface area (Å²) < 4.78 is 5.13. The van der Waals surface area contributed by atoms with Gasteiger partial charge in [-0.05, 0) is 37.3 Å². The summed E-state index contributed by atoms with van der Waals surface area (Å²) in [6.45, 7) is 1.63. The molecule has 2 amide bonds. The highest BCUT2D eigenvalue weighted by atomic mass is 35.5. The van der Waals surface area contributed by atoms with Gasteiger partial charge in [0, 0.05) is 10.7 Å². The SMILES string of the molecule is COc1ccccc1C(=O)N/N=C(\C)CC(=O)Nc1ccc(Cl)cc1Cl. The Bertz CT molecular complexity index is 853. The second-order valence-electron chi connectivity index (χ2n) is 5.34. The summed E-state index contributed by atoms with van der Waals surface area (Å²) in [5.41, 5.74) is 3.64. The molecule has 0 unspecified atom stereocenters. The molecule has 8 heteroatoms.